The second-order valence-corrected chi connectivity index (χ2v) is 6.88. The number of rotatable bonds is 9. The average Bonchev–Trinajstić information content (AvgIpc) is 2.62. The van der Waals surface area contributed by atoms with Gasteiger partial charge in [-0.05, 0) is 55.7 Å². The maximum Gasteiger partial charge on any atom is 0.255 e. The van der Waals surface area contributed by atoms with E-state index in [-0.39, 0.29) is 17.9 Å². The Morgan fingerprint density at radius 1 is 1.04 bits per heavy atom. The minimum absolute atomic E-state index is 0.112. The van der Waals surface area contributed by atoms with E-state index < -0.39 is 0 Å². The first-order valence-electron chi connectivity index (χ1n) is 9.17. The minimum Gasteiger partial charge on any atom is -0.378 e. The Labute approximate surface area is 160 Å². The number of benzene rings is 1. The largest absolute Gasteiger partial charge is 0.378 e. The third kappa shape index (κ3) is 7.58. The van der Waals surface area contributed by atoms with Crippen molar-refractivity contribution in [2.45, 2.75) is 39.7 Å². The molecule has 0 aliphatic heterocycles. The molecule has 2 aromatic rings. The molecule has 0 aliphatic rings. The molecule has 144 valence electrons. The highest BCUT2D eigenvalue weighted by Gasteiger charge is 2.09. The van der Waals surface area contributed by atoms with Crippen LogP contribution in [0.1, 0.15) is 44.0 Å². The van der Waals surface area contributed by atoms with Crippen LogP contribution in [-0.4, -0.2) is 29.5 Å². The fourth-order valence-corrected chi connectivity index (χ4v) is 2.65. The number of carbonyl (C=O) groups excluding carboxylic acids is 2. The van der Waals surface area contributed by atoms with Crippen LogP contribution in [0, 0.1) is 5.92 Å². The van der Waals surface area contributed by atoms with Crippen LogP contribution < -0.4 is 10.6 Å². The van der Waals surface area contributed by atoms with Crippen LogP contribution in [-0.2, 0) is 9.53 Å². The molecule has 0 saturated heterocycles. The lowest BCUT2D eigenvalue weighted by Gasteiger charge is -2.15. The zero-order valence-corrected chi connectivity index (χ0v) is 16.1. The van der Waals surface area contributed by atoms with Crippen molar-refractivity contribution in [1.82, 2.24) is 4.98 Å². The number of hydrogen-bond acceptors (Lipinski definition) is 4. The van der Waals surface area contributed by atoms with Crippen LogP contribution in [0.5, 0.6) is 0 Å². The van der Waals surface area contributed by atoms with Gasteiger partial charge in [0.25, 0.3) is 5.91 Å². The molecule has 1 heterocycles. The van der Waals surface area contributed by atoms with Gasteiger partial charge in [0.1, 0.15) is 0 Å². The number of nitrogens with zero attached hydrogens (tertiary/aromatic N) is 1. The van der Waals surface area contributed by atoms with Gasteiger partial charge < -0.3 is 15.4 Å². The van der Waals surface area contributed by atoms with E-state index in [2.05, 4.69) is 29.5 Å². The van der Waals surface area contributed by atoms with Gasteiger partial charge in [0.2, 0.25) is 5.91 Å². The monoisotopic (exact) mass is 369 g/mol. The summed E-state index contributed by atoms with van der Waals surface area (Å²) >= 11 is 0. The quantitative estimate of drug-likeness (QED) is 0.697. The number of nitrogens with one attached hydrogen (secondary N) is 2. The van der Waals surface area contributed by atoms with E-state index in [1.54, 1.807) is 48.8 Å². The van der Waals surface area contributed by atoms with Gasteiger partial charge in [-0.1, -0.05) is 13.8 Å². The number of carbonyl (C=O) groups is 2. The molecular formula is C21H27N3O3. The summed E-state index contributed by atoms with van der Waals surface area (Å²) in [6, 6.07) is 10.3. The summed E-state index contributed by atoms with van der Waals surface area (Å²) in [4.78, 5) is 28.1. The maximum absolute atomic E-state index is 12.2. The summed E-state index contributed by atoms with van der Waals surface area (Å²) in [5.74, 6) is 0.232. The molecule has 2 rings (SSSR count). The second-order valence-electron chi connectivity index (χ2n) is 6.88. The third-order valence-corrected chi connectivity index (χ3v) is 3.89. The first kappa shape index (κ1) is 20.6. The standard InChI is InChI=1S/C21H27N3O3/c1-15(2)13-16(3)27-12-10-20(25)23-18-8-6-17(7-9-18)21(26)24-19-5-4-11-22-14-19/h4-9,11,14-16H,10,12-13H2,1-3H3,(H,23,25)(H,24,26)/t16-/m0/s1. The summed E-state index contributed by atoms with van der Waals surface area (Å²) in [5, 5.41) is 5.58. The number of amides is 2. The number of ether oxygens (including phenoxy) is 1. The van der Waals surface area contributed by atoms with Gasteiger partial charge in [-0.15, -0.1) is 0 Å². The fraction of sp³-hybridized carbons (Fsp3) is 0.381. The van der Waals surface area contributed by atoms with Crippen LogP contribution in [0.4, 0.5) is 11.4 Å². The van der Waals surface area contributed by atoms with E-state index in [1.807, 2.05) is 6.92 Å². The summed E-state index contributed by atoms with van der Waals surface area (Å²) in [5.41, 5.74) is 1.78. The Balaban J connectivity index is 1.77. The van der Waals surface area contributed by atoms with Crippen LogP contribution in [0.3, 0.4) is 0 Å². The van der Waals surface area contributed by atoms with E-state index in [9.17, 15) is 9.59 Å². The van der Waals surface area contributed by atoms with Crippen LogP contribution in [0.2, 0.25) is 0 Å². The zero-order chi connectivity index (χ0) is 19.6. The molecule has 0 radical (unpaired) electrons. The van der Waals surface area contributed by atoms with Gasteiger partial charge in [0, 0.05) is 17.4 Å². The molecule has 27 heavy (non-hydrogen) atoms. The van der Waals surface area contributed by atoms with E-state index >= 15 is 0 Å². The molecule has 0 unspecified atom stereocenters. The van der Waals surface area contributed by atoms with Crippen molar-refractivity contribution in [3.8, 4) is 0 Å². The number of aromatic nitrogens is 1. The third-order valence-electron chi connectivity index (χ3n) is 3.89. The van der Waals surface area contributed by atoms with Crippen molar-refractivity contribution >= 4 is 23.2 Å². The van der Waals surface area contributed by atoms with Crippen LogP contribution >= 0.6 is 0 Å². The van der Waals surface area contributed by atoms with Crippen molar-refractivity contribution in [3.63, 3.8) is 0 Å². The molecule has 1 atom stereocenters. The van der Waals surface area contributed by atoms with E-state index in [0.29, 0.717) is 35.9 Å². The molecule has 0 bridgehead atoms. The SMILES string of the molecule is CC(C)C[C@H](C)OCCC(=O)Nc1ccc(C(=O)Nc2cccnc2)cc1. The van der Waals surface area contributed by atoms with Crippen molar-refractivity contribution in [3.05, 3.63) is 54.4 Å². The number of anilines is 2. The maximum atomic E-state index is 12.2. The van der Waals surface area contributed by atoms with Gasteiger partial charge >= 0.3 is 0 Å². The Hall–Kier alpha value is -2.73. The first-order chi connectivity index (χ1) is 12.9. The Morgan fingerprint density at radius 2 is 1.78 bits per heavy atom. The molecule has 1 aromatic heterocycles. The average molecular weight is 369 g/mol. The molecule has 0 fully saturated rings. The first-order valence-corrected chi connectivity index (χ1v) is 9.17. The van der Waals surface area contributed by atoms with Gasteiger partial charge in [-0.3, -0.25) is 14.6 Å². The molecule has 0 aliphatic carbocycles. The molecule has 6 heteroatoms. The van der Waals surface area contributed by atoms with Gasteiger partial charge in [0.15, 0.2) is 0 Å². The number of hydrogen-bond donors (Lipinski definition) is 2. The lowest BCUT2D eigenvalue weighted by atomic mass is 10.1. The molecule has 2 N–H and O–H groups in total. The van der Waals surface area contributed by atoms with Crippen LogP contribution in [0.15, 0.2) is 48.8 Å². The molecule has 0 spiro atoms. The minimum atomic E-state index is -0.228. The van der Waals surface area contributed by atoms with Gasteiger partial charge in [0.05, 0.1) is 31.0 Å². The molecule has 2 amide bonds. The summed E-state index contributed by atoms with van der Waals surface area (Å²) < 4.78 is 5.65. The predicted octanol–water partition coefficient (Wildman–Crippen LogP) is 4.11. The fourth-order valence-electron chi connectivity index (χ4n) is 2.65. The molecule has 0 saturated carbocycles. The van der Waals surface area contributed by atoms with Crippen molar-refractivity contribution < 1.29 is 14.3 Å². The van der Waals surface area contributed by atoms with E-state index in [0.717, 1.165) is 6.42 Å². The topological polar surface area (TPSA) is 80.3 Å². The molecule has 1 aromatic carbocycles. The Bertz CT molecular complexity index is 730. The van der Waals surface area contributed by atoms with Crippen molar-refractivity contribution in [2.24, 2.45) is 5.92 Å². The molecule has 6 nitrogen and oxygen atoms in total. The zero-order valence-electron chi connectivity index (χ0n) is 16.1. The number of pyridine rings is 1. The van der Waals surface area contributed by atoms with Gasteiger partial charge in [-0.2, -0.15) is 0 Å². The lowest BCUT2D eigenvalue weighted by Crippen LogP contribution is -2.18. The Morgan fingerprint density at radius 3 is 2.41 bits per heavy atom. The predicted molar refractivity (Wildman–Crippen MR) is 107 cm³/mol. The summed E-state index contributed by atoms with van der Waals surface area (Å²) in [6.07, 6.45) is 4.64. The normalized spacial score (nSPS) is 11.9. The second kappa shape index (κ2) is 10.4. The van der Waals surface area contributed by atoms with Crippen molar-refractivity contribution in [1.29, 1.82) is 0 Å². The van der Waals surface area contributed by atoms with E-state index in [1.165, 1.54) is 0 Å². The summed E-state index contributed by atoms with van der Waals surface area (Å²) in [6.45, 7) is 6.71. The van der Waals surface area contributed by atoms with Crippen molar-refractivity contribution in [2.75, 3.05) is 17.2 Å². The smallest absolute Gasteiger partial charge is 0.255 e. The van der Waals surface area contributed by atoms with E-state index in [4.69, 9.17) is 4.74 Å². The molecular weight excluding hydrogens is 342 g/mol. The highest BCUT2D eigenvalue weighted by Crippen LogP contribution is 2.13. The van der Waals surface area contributed by atoms with Crippen LogP contribution in [0.25, 0.3) is 0 Å². The Kier molecular flexibility index (Phi) is 7.95. The van der Waals surface area contributed by atoms with Gasteiger partial charge in [-0.25, -0.2) is 0 Å². The highest BCUT2D eigenvalue weighted by atomic mass is 16.5. The summed E-state index contributed by atoms with van der Waals surface area (Å²) in [7, 11) is 0. The highest BCUT2D eigenvalue weighted by molar-refractivity contribution is 6.04. The lowest BCUT2D eigenvalue weighted by molar-refractivity contribution is -0.117.